The topological polar surface area (TPSA) is 110 Å². The lowest BCUT2D eigenvalue weighted by atomic mass is 10.0. The van der Waals surface area contributed by atoms with Crippen molar-refractivity contribution < 1.29 is 9.53 Å². The zero-order valence-corrected chi connectivity index (χ0v) is 22.6. The summed E-state index contributed by atoms with van der Waals surface area (Å²) < 4.78 is 6.04. The van der Waals surface area contributed by atoms with E-state index in [9.17, 15) is 9.59 Å². The first-order chi connectivity index (χ1) is 18.4. The summed E-state index contributed by atoms with van der Waals surface area (Å²) in [6.45, 7) is 14.6. The van der Waals surface area contributed by atoms with Crippen LogP contribution in [0, 0.1) is 13.8 Å². The van der Waals surface area contributed by atoms with Crippen molar-refractivity contribution in [3.63, 3.8) is 0 Å². The normalized spacial score (nSPS) is 15.6. The number of aromatic nitrogens is 4. The smallest absolute Gasteiger partial charge is 0.323 e. The fourth-order valence-electron chi connectivity index (χ4n) is 5.48. The van der Waals surface area contributed by atoms with Crippen molar-refractivity contribution in [2.75, 3.05) is 49.1 Å². The van der Waals surface area contributed by atoms with E-state index in [4.69, 9.17) is 14.7 Å². The lowest BCUT2D eigenvalue weighted by Gasteiger charge is -2.38. The van der Waals surface area contributed by atoms with Crippen LogP contribution in [0.15, 0.2) is 23.5 Å². The van der Waals surface area contributed by atoms with Gasteiger partial charge in [0.1, 0.15) is 5.82 Å². The van der Waals surface area contributed by atoms with Gasteiger partial charge in [0.25, 0.3) is 0 Å². The average Bonchev–Trinajstić information content (AvgIpc) is 3.29. The molecule has 2 aromatic heterocycles. The summed E-state index contributed by atoms with van der Waals surface area (Å²) in [5, 5.41) is 0. The number of ether oxygens (including phenoxy) is 1. The van der Waals surface area contributed by atoms with E-state index in [2.05, 4.69) is 47.1 Å². The molecule has 0 bridgehead atoms. The quantitative estimate of drug-likeness (QED) is 0.347. The van der Waals surface area contributed by atoms with Gasteiger partial charge in [-0.25, -0.2) is 4.79 Å². The van der Waals surface area contributed by atoms with Gasteiger partial charge in [-0.3, -0.25) is 4.79 Å². The van der Waals surface area contributed by atoms with Crippen molar-refractivity contribution in [2.45, 2.75) is 53.0 Å². The van der Waals surface area contributed by atoms with Crippen LogP contribution in [0.1, 0.15) is 48.6 Å². The lowest BCUT2D eigenvalue weighted by Crippen LogP contribution is -2.49. The highest BCUT2D eigenvalue weighted by molar-refractivity contribution is 5.92. The largest absolute Gasteiger partial charge is 0.463 e. The molecule has 202 valence electrons. The van der Waals surface area contributed by atoms with Crippen LogP contribution in [0.3, 0.4) is 0 Å². The van der Waals surface area contributed by atoms with Crippen molar-refractivity contribution in [1.82, 2.24) is 24.8 Å². The molecule has 0 aliphatic carbocycles. The van der Waals surface area contributed by atoms with Gasteiger partial charge in [-0.2, -0.15) is 9.97 Å². The summed E-state index contributed by atoms with van der Waals surface area (Å²) in [5.74, 6) is 0.875. The van der Waals surface area contributed by atoms with Gasteiger partial charge in [-0.1, -0.05) is 26.3 Å². The first-order valence-electron chi connectivity index (χ1n) is 13.6. The minimum absolute atomic E-state index is 0.0346. The summed E-state index contributed by atoms with van der Waals surface area (Å²) in [6, 6.07) is 2.42. The molecule has 1 saturated heterocycles. The Morgan fingerprint density at radius 1 is 1.11 bits per heavy atom. The number of nitrogens with zero attached hydrogens (tertiary/aromatic N) is 5. The third-order valence-electron chi connectivity index (χ3n) is 7.68. The van der Waals surface area contributed by atoms with Crippen LogP contribution < -0.4 is 20.2 Å². The van der Waals surface area contributed by atoms with Gasteiger partial charge < -0.3 is 29.4 Å². The molecule has 3 aromatic rings. The first kappa shape index (κ1) is 25.8. The molecule has 1 fully saturated rings. The Bertz CT molecular complexity index is 1400. The Morgan fingerprint density at radius 2 is 1.89 bits per heavy atom. The number of fused-ring (bicyclic) bond motifs is 2. The second kappa shape index (κ2) is 10.9. The Kier molecular flexibility index (Phi) is 7.40. The maximum Gasteiger partial charge on any atom is 0.323 e. The molecule has 1 amide bonds. The molecule has 0 unspecified atom stereocenters. The number of hydrogen-bond donors (Lipinski definition) is 2. The maximum absolute atomic E-state index is 12.1. The molecule has 0 saturated carbocycles. The van der Waals surface area contributed by atoms with Crippen molar-refractivity contribution in [2.24, 2.45) is 0 Å². The molecule has 0 radical (unpaired) electrons. The van der Waals surface area contributed by atoms with Crippen LogP contribution in [0.2, 0.25) is 0 Å². The molecule has 0 atom stereocenters. The highest BCUT2D eigenvalue weighted by atomic mass is 16.5. The number of rotatable bonds is 8. The standard InChI is InChI=1S/C28H37N7O3/c1-5-7-8-15-38-28-30-22-17-35(25-19(4)18(3)16-21-24(25)31-27(37)29-21)10-9-20(22)26(32-28)34-13-11-33(12-14-34)23(36)6-2/h6,16H,2,5,7-15,17H2,1,3-4H3,(H2,29,31,37). The number of amides is 1. The molecule has 4 heterocycles. The van der Waals surface area contributed by atoms with E-state index < -0.39 is 0 Å². The number of unbranched alkanes of at least 4 members (excludes halogenated alkanes) is 2. The molecule has 0 spiro atoms. The SMILES string of the molecule is C=CC(=O)N1CCN(c2nc(OCCCCC)nc3c2CCN(c2c(C)c(C)cc4[nH]c(=O)[nH]c24)C3)CC1. The predicted molar refractivity (Wildman–Crippen MR) is 149 cm³/mol. The third-order valence-corrected chi connectivity index (χ3v) is 7.68. The monoisotopic (exact) mass is 519 g/mol. The molecule has 10 heteroatoms. The Hall–Kier alpha value is -3.82. The molecule has 2 aliphatic heterocycles. The highest BCUT2D eigenvalue weighted by Crippen LogP contribution is 2.36. The van der Waals surface area contributed by atoms with Crippen LogP contribution in [-0.2, 0) is 17.8 Å². The number of H-pyrrole nitrogens is 2. The van der Waals surface area contributed by atoms with Gasteiger partial charge in [0.15, 0.2) is 0 Å². The van der Waals surface area contributed by atoms with Crippen LogP contribution in [0.25, 0.3) is 11.0 Å². The zero-order chi connectivity index (χ0) is 26.8. The highest BCUT2D eigenvalue weighted by Gasteiger charge is 2.30. The van der Waals surface area contributed by atoms with E-state index in [-0.39, 0.29) is 11.6 Å². The number of anilines is 2. The Labute approximate surface area is 222 Å². The fourth-order valence-corrected chi connectivity index (χ4v) is 5.48. The number of benzene rings is 1. The number of nitrogens with one attached hydrogen (secondary N) is 2. The molecule has 5 rings (SSSR count). The summed E-state index contributed by atoms with van der Waals surface area (Å²) >= 11 is 0. The van der Waals surface area contributed by atoms with Gasteiger partial charge in [0, 0.05) is 38.3 Å². The van der Waals surface area contributed by atoms with E-state index in [0.717, 1.165) is 77.2 Å². The van der Waals surface area contributed by atoms with Crippen LogP contribution in [0.4, 0.5) is 11.5 Å². The number of imidazole rings is 1. The molecule has 1 aromatic carbocycles. The zero-order valence-electron chi connectivity index (χ0n) is 22.6. The molecule has 2 aliphatic rings. The molecule has 38 heavy (non-hydrogen) atoms. The van der Waals surface area contributed by atoms with Gasteiger partial charge in [-0.15, -0.1) is 0 Å². The van der Waals surface area contributed by atoms with Gasteiger partial charge >= 0.3 is 11.7 Å². The average molecular weight is 520 g/mol. The van der Waals surface area contributed by atoms with Crippen LogP contribution in [0.5, 0.6) is 6.01 Å². The minimum Gasteiger partial charge on any atom is -0.463 e. The maximum atomic E-state index is 12.1. The van der Waals surface area contributed by atoms with E-state index in [1.807, 2.05) is 11.0 Å². The molecule has 2 N–H and O–H groups in total. The molecule has 10 nitrogen and oxygen atoms in total. The van der Waals surface area contributed by atoms with Crippen LogP contribution >= 0.6 is 0 Å². The van der Waals surface area contributed by atoms with Crippen molar-refractivity contribution in [1.29, 1.82) is 0 Å². The van der Waals surface area contributed by atoms with Crippen LogP contribution in [-0.4, -0.2) is 70.1 Å². The number of aryl methyl sites for hydroxylation is 1. The number of hydrogen-bond acceptors (Lipinski definition) is 7. The van der Waals surface area contributed by atoms with E-state index in [0.29, 0.717) is 45.3 Å². The Morgan fingerprint density at radius 3 is 2.63 bits per heavy atom. The van der Waals surface area contributed by atoms with E-state index in [1.165, 1.54) is 6.08 Å². The number of carbonyl (C=O) groups excluding carboxylic acids is 1. The minimum atomic E-state index is -0.204. The summed E-state index contributed by atoms with van der Waals surface area (Å²) in [6.07, 6.45) is 5.33. The van der Waals surface area contributed by atoms with Gasteiger partial charge in [0.2, 0.25) is 5.91 Å². The third kappa shape index (κ3) is 4.99. The number of aromatic amines is 2. The van der Waals surface area contributed by atoms with Gasteiger partial charge in [-0.05, 0) is 50.0 Å². The summed E-state index contributed by atoms with van der Waals surface area (Å²) in [4.78, 5) is 46.3. The molecular formula is C28H37N7O3. The second-order valence-corrected chi connectivity index (χ2v) is 10.2. The van der Waals surface area contributed by atoms with Crippen molar-refractivity contribution in [3.05, 3.63) is 51.6 Å². The fraction of sp³-hybridized carbons (Fsp3) is 0.500. The Balaban J connectivity index is 1.48. The van der Waals surface area contributed by atoms with Crippen molar-refractivity contribution in [3.8, 4) is 6.01 Å². The second-order valence-electron chi connectivity index (χ2n) is 10.2. The predicted octanol–water partition coefficient (Wildman–Crippen LogP) is 3.23. The first-order valence-corrected chi connectivity index (χ1v) is 13.6. The molecular weight excluding hydrogens is 482 g/mol. The van der Waals surface area contributed by atoms with E-state index in [1.54, 1.807) is 0 Å². The number of piperazine rings is 1. The number of carbonyl (C=O) groups is 1. The lowest BCUT2D eigenvalue weighted by molar-refractivity contribution is -0.126. The van der Waals surface area contributed by atoms with E-state index >= 15 is 0 Å². The van der Waals surface area contributed by atoms with Crippen molar-refractivity contribution >= 4 is 28.4 Å². The summed E-state index contributed by atoms with van der Waals surface area (Å²) in [5.41, 5.74) is 6.83. The summed E-state index contributed by atoms with van der Waals surface area (Å²) in [7, 11) is 0. The van der Waals surface area contributed by atoms with Gasteiger partial charge in [0.05, 0.1) is 35.6 Å².